The highest BCUT2D eigenvalue weighted by Gasteiger charge is 2.20. The van der Waals surface area contributed by atoms with Gasteiger partial charge in [-0.3, -0.25) is 0 Å². The molecule has 2 aromatic rings. The molecule has 0 spiro atoms. The van der Waals surface area contributed by atoms with Gasteiger partial charge in [-0.1, -0.05) is 31.2 Å². The van der Waals surface area contributed by atoms with Gasteiger partial charge in [0.15, 0.2) is 0 Å². The molecule has 0 bridgehead atoms. The van der Waals surface area contributed by atoms with E-state index in [-0.39, 0.29) is 0 Å². The molecule has 1 aliphatic heterocycles. The van der Waals surface area contributed by atoms with E-state index in [0.29, 0.717) is 5.92 Å². The predicted octanol–water partition coefficient (Wildman–Crippen LogP) is 4.73. The van der Waals surface area contributed by atoms with E-state index in [2.05, 4.69) is 61.3 Å². The van der Waals surface area contributed by atoms with Crippen LogP contribution in [0.15, 0.2) is 48.5 Å². The van der Waals surface area contributed by atoms with E-state index in [9.17, 15) is 0 Å². The quantitative estimate of drug-likeness (QED) is 0.797. The minimum absolute atomic E-state index is 0.648. The molecule has 0 amide bonds. The lowest BCUT2D eigenvalue weighted by Gasteiger charge is -2.27. The molecule has 0 aliphatic carbocycles. The van der Waals surface area contributed by atoms with Gasteiger partial charge in [0.1, 0.15) is 5.75 Å². The van der Waals surface area contributed by atoms with Crippen LogP contribution in [-0.2, 0) is 0 Å². The molecule has 2 aromatic carbocycles. The fourth-order valence-electron chi connectivity index (χ4n) is 2.89. The Kier molecular flexibility index (Phi) is 3.64. The van der Waals surface area contributed by atoms with Crippen LogP contribution in [0.3, 0.4) is 0 Å². The van der Waals surface area contributed by atoms with Crippen LogP contribution < -0.4 is 9.64 Å². The van der Waals surface area contributed by atoms with Gasteiger partial charge in [0.05, 0.1) is 6.61 Å². The summed E-state index contributed by atoms with van der Waals surface area (Å²) in [6, 6.07) is 17.0. The van der Waals surface area contributed by atoms with E-state index in [1.54, 1.807) is 0 Å². The van der Waals surface area contributed by atoms with Gasteiger partial charge in [-0.2, -0.15) is 0 Å². The number of ether oxygens (including phenoxy) is 1. The topological polar surface area (TPSA) is 12.5 Å². The standard InChI is InChI=1S/C18H21NO/c1-3-14-11-12-20-18-13-16(9-10-17(14)18)19(2)15-7-5-4-6-8-15/h4-10,13-14H,3,11-12H2,1-2H3/t14-/m1/s1. The van der Waals surface area contributed by atoms with Crippen LogP contribution in [0.4, 0.5) is 11.4 Å². The van der Waals surface area contributed by atoms with E-state index in [1.165, 1.54) is 23.4 Å². The molecule has 1 aliphatic rings. The summed E-state index contributed by atoms with van der Waals surface area (Å²) in [4.78, 5) is 2.19. The number of anilines is 2. The maximum absolute atomic E-state index is 5.86. The number of para-hydroxylation sites is 1. The van der Waals surface area contributed by atoms with Crippen molar-refractivity contribution < 1.29 is 4.74 Å². The number of benzene rings is 2. The highest BCUT2D eigenvalue weighted by molar-refractivity contribution is 5.65. The molecule has 0 saturated carbocycles. The van der Waals surface area contributed by atoms with Gasteiger partial charge < -0.3 is 9.64 Å². The maximum Gasteiger partial charge on any atom is 0.124 e. The molecule has 0 radical (unpaired) electrons. The largest absolute Gasteiger partial charge is 0.493 e. The Bertz CT molecular complexity index is 579. The summed E-state index contributed by atoms with van der Waals surface area (Å²) in [7, 11) is 2.09. The molecule has 104 valence electrons. The predicted molar refractivity (Wildman–Crippen MR) is 84.1 cm³/mol. The van der Waals surface area contributed by atoms with Gasteiger partial charge in [-0.25, -0.2) is 0 Å². The van der Waals surface area contributed by atoms with Crippen LogP contribution >= 0.6 is 0 Å². The zero-order valence-electron chi connectivity index (χ0n) is 12.2. The van der Waals surface area contributed by atoms with Gasteiger partial charge in [-0.15, -0.1) is 0 Å². The van der Waals surface area contributed by atoms with E-state index in [4.69, 9.17) is 4.74 Å². The van der Waals surface area contributed by atoms with Crippen LogP contribution in [0, 0.1) is 0 Å². The van der Waals surface area contributed by atoms with Crippen LogP contribution in [0.25, 0.3) is 0 Å². The van der Waals surface area contributed by atoms with Crippen molar-refractivity contribution in [1.82, 2.24) is 0 Å². The lowest BCUT2D eigenvalue weighted by Crippen LogP contribution is -2.15. The first-order chi connectivity index (χ1) is 9.79. The summed E-state index contributed by atoms with van der Waals surface area (Å²) >= 11 is 0. The molecule has 20 heavy (non-hydrogen) atoms. The molecule has 2 heteroatoms. The van der Waals surface area contributed by atoms with Crippen LogP contribution in [0.5, 0.6) is 5.75 Å². The highest BCUT2D eigenvalue weighted by atomic mass is 16.5. The van der Waals surface area contributed by atoms with Gasteiger partial charge in [0.2, 0.25) is 0 Å². The second-order valence-corrected chi connectivity index (χ2v) is 5.36. The summed E-state index contributed by atoms with van der Waals surface area (Å²) in [5.41, 5.74) is 3.73. The van der Waals surface area contributed by atoms with E-state index < -0.39 is 0 Å². The number of hydrogen-bond donors (Lipinski definition) is 0. The second kappa shape index (κ2) is 5.58. The zero-order valence-corrected chi connectivity index (χ0v) is 12.2. The van der Waals surface area contributed by atoms with E-state index in [1.807, 2.05) is 6.07 Å². The van der Waals surface area contributed by atoms with Crippen molar-refractivity contribution in [2.24, 2.45) is 0 Å². The van der Waals surface area contributed by atoms with E-state index >= 15 is 0 Å². The molecule has 1 atom stereocenters. The zero-order chi connectivity index (χ0) is 13.9. The molecule has 0 saturated heterocycles. The van der Waals surface area contributed by atoms with Crippen molar-refractivity contribution in [3.63, 3.8) is 0 Å². The lowest BCUT2D eigenvalue weighted by molar-refractivity contribution is 0.265. The highest BCUT2D eigenvalue weighted by Crippen LogP contribution is 2.38. The third-order valence-electron chi connectivity index (χ3n) is 4.18. The Morgan fingerprint density at radius 1 is 1.10 bits per heavy atom. The first-order valence-electron chi connectivity index (χ1n) is 7.35. The third-order valence-corrected chi connectivity index (χ3v) is 4.18. The molecular formula is C18H21NO. The normalized spacial score (nSPS) is 17.2. The minimum Gasteiger partial charge on any atom is -0.493 e. The molecule has 1 heterocycles. The summed E-state index contributed by atoms with van der Waals surface area (Å²) in [6.07, 6.45) is 2.32. The van der Waals surface area contributed by atoms with Crippen molar-refractivity contribution in [2.45, 2.75) is 25.7 Å². The molecule has 0 N–H and O–H groups in total. The van der Waals surface area contributed by atoms with Gasteiger partial charge in [0.25, 0.3) is 0 Å². The molecular weight excluding hydrogens is 246 g/mol. The van der Waals surface area contributed by atoms with Crippen molar-refractivity contribution in [3.8, 4) is 5.75 Å². The SMILES string of the molecule is CC[C@@H]1CCOc2cc(N(C)c3ccccc3)ccc21. The number of hydrogen-bond acceptors (Lipinski definition) is 2. The van der Waals surface area contributed by atoms with Crippen LogP contribution in [0.2, 0.25) is 0 Å². The number of fused-ring (bicyclic) bond motifs is 1. The Morgan fingerprint density at radius 2 is 1.90 bits per heavy atom. The second-order valence-electron chi connectivity index (χ2n) is 5.36. The molecule has 2 nitrogen and oxygen atoms in total. The fraction of sp³-hybridized carbons (Fsp3) is 0.333. The Hall–Kier alpha value is -1.96. The summed E-state index contributed by atoms with van der Waals surface area (Å²) in [5.74, 6) is 1.71. The molecule has 3 rings (SSSR count). The van der Waals surface area contributed by atoms with Crippen molar-refractivity contribution >= 4 is 11.4 Å². The average Bonchev–Trinajstić information content (AvgIpc) is 2.53. The Morgan fingerprint density at radius 3 is 2.65 bits per heavy atom. The van der Waals surface area contributed by atoms with Crippen LogP contribution in [-0.4, -0.2) is 13.7 Å². The van der Waals surface area contributed by atoms with Crippen molar-refractivity contribution in [1.29, 1.82) is 0 Å². The summed E-state index contributed by atoms with van der Waals surface area (Å²) in [5, 5.41) is 0. The van der Waals surface area contributed by atoms with Crippen molar-refractivity contribution in [2.75, 3.05) is 18.6 Å². The minimum atomic E-state index is 0.648. The van der Waals surface area contributed by atoms with Gasteiger partial charge >= 0.3 is 0 Å². The third kappa shape index (κ3) is 2.38. The molecule has 0 fully saturated rings. The summed E-state index contributed by atoms with van der Waals surface area (Å²) < 4.78 is 5.86. The number of nitrogens with zero attached hydrogens (tertiary/aromatic N) is 1. The van der Waals surface area contributed by atoms with Crippen LogP contribution in [0.1, 0.15) is 31.2 Å². The smallest absolute Gasteiger partial charge is 0.124 e. The maximum atomic E-state index is 5.86. The summed E-state index contributed by atoms with van der Waals surface area (Å²) in [6.45, 7) is 3.09. The monoisotopic (exact) mass is 267 g/mol. The van der Waals surface area contributed by atoms with Crippen molar-refractivity contribution in [3.05, 3.63) is 54.1 Å². The number of rotatable bonds is 3. The van der Waals surface area contributed by atoms with Gasteiger partial charge in [-0.05, 0) is 42.5 Å². The van der Waals surface area contributed by atoms with Gasteiger partial charge in [0, 0.05) is 24.5 Å². The van der Waals surface area contributed by atoms with E-state index in [0.717, 1.165) is 18.8 Å². The average molecular weight is 267 g/mol. The first-order valence-corrected chi connectivity index (χ1v) is 7.35. The Balaban J connectivity index is 1.92. The molecule has 0 unspecified atom stereocenters. The molecule has 0 aromatic heterocycles. The Labute approximate surface area is 121 Å². The lowest BCUT2D eigenvalue weighted by atomic mass is 9.91. The fourth-order valence-corrected chi connectivity index (χ4v) is 2.89. The first kappa shape index (κ1) is 13.0.